The van der Waals surface area contributed by atoms with Gasteiger partial charge >= 0.3 is 0 Å². The van der Waals surface area contributed by atoms with E-state index >= 15 is 0 Å². The minimum absolute atomic E-state index is 0.0956. The first-order chi connectivity index (χ1) is 26.9. The van der Waals surface area contributed by atoms with Crippen LogP contribution in [0.15, 0.2) is 112 Å². The second-order valence-electron chi connectivity index (χ2n) is 13.7. The predicted molar refractivity (Wildman–Crippen MR) is 219 cm³/mol. The molecular weight excluding hydrogens is 796 g/mol. The molecule has 2 saturated heterocycles. The lowest BCUT2D eigenvalue weighted by atomic mass is 9.99. The van der Waals surface area contributed by atoms with E-state index in [2.05, 4.69) is 29.8 Å². The molecule has 0 unspecified atom stereocenters. The molecule has 13 nitrogen and oxygen atoms in total. The van der Waals surface area contributed by atoms with E-state index in [9.17, 15) is 26.0 Å². The van der Waals surface area contributed by atoms with Crippen molar-refractivity contribution in [1.82, 2.24) is 19.9 Å². The van der Waals surface area contributed by atoms with Crippen molar-refractivity contribution in [2.24, 2.45) is 17.6 Å². The molecule has 0 spiro atoms. The van der Waals surface area contributed by atoms with E-state index in [4.69, 9.17) is 5.73 Å². The van der Waals surface area contributed by atoms with Gasteiger partial charge in [0.2, 0.25) is 5.91 Å². The van der Waals surface area contributed by atoms with Crippen molar-refractivity contribution in [1.29, 1.82) is 0 Å². The van der Waals surface area contributed by atoms with Crippen LogP contribution in [0.1, 0.15) is 18.0 Å². The Morgan fingerprint density at radius 2 is 1.48 bits per heavy atom. The fourth-order valence-corrected chi connectivity index (χ4v) is 10.6. The lowest BCUT2D eigenvalue weighted by Gasteiger charge is -2.41. The molecule has 0 aliphatic carbocycles. The zero-order valence-electron chi connectivity index (χ0n) is 30.4. The van der Waals surface area contributed by atoms with Gasteiger partial charge in [0.25, 0.3) is 10.0 Å². The molecule has 294 valence electrons. The van der Waals surface area contributed by atoms with Crippen molar-refractivity contribution < 1.29 is 26.0 Å². The number of benzene rings is 3. The first-order valence-electron chi connectivity index (χ1n) is 17.9. The topological polar surface area (TPSA) is 173 Å². The van der Waals surface area contributed by atoms with Crippen LogP contribution in [0.3, 0.4) is 0 Å². The zero-order chi connectivity index (χ0) is 39.5. The predicted octanol–water partition coefficient (Wildman–Crippen LogP) is 5.36. The number of halogens is 1. The number of hydrogen-bond acceptors (Lipinski definition) is 12. The highest BCUT2D eigenvalue weighted by molar-refractivity contribution is 7.93. The number of anilines is 3. The summed E-state index contributed by atoms with van der Waals surface area (Å²) in [5.41, 5.74) is 8.27. The second-order valence-corrected chi connectivity index (χ2v) is 19.3. The van der Waals surface area contributed by atoms with E-state index in [0.29, 0.717) is 46.0 Å². The largest absolute Gasteiger partial charge is 0.371 e. The Morgan fingerprint density at radius 3 is 2.09 bits per heavy atom. The minimum Gasteiger partial charge on any atom is -0.371 e. The zero-order valence-corrected chi connectivity index (χ0v) is 33.6. The molecule has 0 bridgehead atoms. The van der Waals surface area contributed by atoms with Gasteiger partial charge in [0.15, 0.2) is 15.0 Å². The molecule has 2 aliphatic heterocycles. The van der Waals surface area contributed by atoms with Crippen LogP contribution in [0, 0.1) is 17.7 Å². The summed E-state index contributed by atoms with van der Waals surface area (Å²) in [6.07, 6.45) is 4.90. The molecule has 6 aromatic rings. The third-order valence-corrected chi connectivity index (χ3v) is 14.6. The van der Waals surface area contributed by atoms with Gasteiger partial charge in [0, 0.05) is 90.7 Å². The Bertz CT molecular complexity index is 2470. The Hall–Kier alpha value is -4.88. The molecule has 3 aromatic heterocycles. The molecule has 4 N–H and O–H groups in total. The van der Waals surface area contributed by atoms with Crippen molar-refractivity contribution in [3.8, 4) is 0 Å². The maximum absolute atomic E-state index is 14.0. The molecular formula is C38H41FN8O5S4. The van der Waals surface area contributed by atoms with Crippen LogP contribution in [0.25, 0.3) is 10.9 Å². The fraction of sp³-hybridized carbons (Fsp3) is 0.289. The first-order valence-corrected chi connectivity index (χ1v) is 22.8. The molecule has 18 heteroatoms. The van der Waals surface area contributed by atoms with Crippen LogP contribution in [0.4, 0.5) is 20.9 Å². The number of nitrogens with zero attached hydrogens (tertiary/aromatic N) is 5. The monoisotopic (exact) mass is 836 g/mol. The van der Waals surface area contributed by atoms with Crippen LogP contribution in [0.2, 0.25) is 0 Å². The number of sulfone groups is 1. The van der Waals surface area contributed by atoms with Crippen molar-refractivity contribution in [2.45, 2.75) is 28.5 Å². The average Bonchev–Trinajstić information content (AvgIpc) is 3.94. The number of nitrogens with two attached hydrogens (primary N) is 1. The van der Waals surface area contributed by atoms with E-state index in [1.54, 1.807) is 77.2 Å². The lowest BCUT2D eigenvalue weighted by molar-refractivity contribution is -0.124. The van der Waals surface area contributed by atoms with Crippen LogP contribution >= 0.6 is 22.7 Å². The Balaban J connectivity index is 0.000000195. The number of nitrogens with one attached hydrogen (secondary N) is 2. The summed E-state index contributed by atoms with van der Waals surface area (Å²) in [4.78, 5) is 25.5. The highest BCUT2D eigenvalue weighted by Crippen LogP contribution is 2.29. The number of fused-ring (bicyclic) bond motifs is 1. The Morgan fingerprint density at radius 1 is 0.857 bits per heavy atom. The minimum atomic E-state index is -3.57. The number of aromatic nitrogens is 3. The number of sulfonamides is 1. The van der Waals surface area contributed by atoms with Gasteiger partial charge in [-0.1, -0.05) is 6.07 Å². The van der Waals surface area contributed by atoms with Crippen molar-refractivity contribution >= 4 is 75.9 Å². The molecule has 2 fully saturated rings. The van der Waals surface area contributed by atoms with Gasteiger partial charge in [0.05, 0.1) is 15.3 Å². The van der Waals surface area contributed by atoms with E-state index in [0.717, 1.165) is 37.6 Å². The second kappa shape index (κ2) is 16.7. The summed E-state index contributed by atoms with van der Waals surface area (Å²) in [5.74, 6) is 0.341. The molecule has 0 saturated carbocycles. The van der Waals surface area contributed by atoms with Crippen molar-refractivity contribution in [3.05, 3.63) is 113 Å². The quantitative estimate of drug-likeness (QED) is 0.138. The summed E-state index contributed by atoms with van der Waals surface area (Å²) in [5, 5.41) is 7.94. The average molecular weight is 837 g/mol. The number of carbonyl (C=O) groups is 1. The highest BCUT2D eigenvalue weighted by Gasteiger charge is 2.29. The lowest BCUT2D eigenvalue weighted by Crippen LogP contribution is -2.52. The first kappa shape index (κ1) is 39.4. The van der Waals surface area contributed by atoms with Crippen LogP contribution < -0.4 is 25.6 Å². The van der Waals surface area contributed by atoms with Crippen LogP contribution in [-0.4, -0.2) is 76.5 Å². The molecule has 0 radical (unpaired) electrons. The maximum atomic E-state index is 14.0. The summed E-state index contributed by atoms with van der Waals surface area (Å²) < 4.78 is 67.7. The Kier molecular flexibility index (Phi) is 11.7. The smallest absolute Gasteiger partial charge is 0.263 e. The third kappa shape index (κ3) is 8.89. The van der Waals surface area contributed by atoms with Gasteiger partial charge in [-0.3, -0.25) is 9.52 Å². The molecule has 3 aromatic carbocycles. The number of amides is 1. The normalized spacial score (nSPS) is 15.4. The molecule has 1 amide bonds. The van der Waals surface area contributed by atoms with E-state index in [-0.39, 0.29) is 27.3 Å². The standard InChI is InChI=1S/C25H25FN4O3S2.C13H16N4O2S2/c1-17(30-11-9-21-22(26)3-2-4-23(21)30)25(31)28-13-18-14-29(15-18)19-5-7-20(8-6-19)35(32,33)16-24-27-10-12-34-24;14-7-10-8-17(9-10)11-1-3-12(4-2-11)21(18,19)16-13-15-5-6-20-13/h2-12,17-18H,13-16H2,1H3,(H,28,31);1-6,10H,7-9,14H2,(H,15,16)/t17-;/m0./s1. The van der Waals surface area contributed by atoms with Gasteiger partial charge in [-0.25, -0.2) is 31.2 Å². The Labute approximate surface area is 333 Å². The van der Waals surface area contributed by atoms with E-state index in [1.165, 1.54) is 28.7 Å². The fourth-order valence-electron chi connectivity index (χ4n) is 6.57. The van der Waals surface area contributed by atoms with Gasteiger partial charge in [0.1, 0.15) is 22.6 Å². The SMILES string of the molecule is C[C@@H](C(=O)NCC1CN(c2ccc(S(=O)(=O)Cc3nccs3)cc2)C1)n1ccc2c(F)cccc21.NCC1CN(c2ccc(S(=O)(=O)Nc3nccs3)cc2)C1. The van der Waals surface area contributed by atoms with Gasteiger partial charge in [-0.15, -0.1) is 22.7 Å². The van der Waals surface area contributed by atoms with Crippen molar-refractivity contribution in [3.63, 3.8) is 0 Å². The van der Waals surface area contributed by atoms with Gasteiger partial charge < -0.3 is 25.4 Å². The van der Waals surface area contributed by atoms with Gasteiger partial charge in [-0.05, 0) is 80.2 Å². The molecule has 1 atom stereocenters. The number of thiazole rings is 2. The molecule has 2 aliphatic rings. The van der Waals surface area contributed by atoms with Crippen LogP contribution in [-0.2, 0) is 30.4 Å². The summed E-state index contributed by atoms with van der Waals surface area (Å²) in [6.45, 7) is 6.46. The number of rotatable bonds is 13. The van der Waals surface area contributed by atoms with Gasteiger partial charge in [-0.2, -0.15) is 0 Å². The summed E-state index contributed by atoms with van der Waals surface area (Å²) in [7, 11) is -7.00. The number of carbonyl (C=O) groups excluding carboxylic acids is 1. The van der Waals surface area contributed by atoms with E-state index in [1.807, 2.05) is 30.3 Å². The molecule has 56 heavy (non-hydrogen) atoms. The third-order valence-electron chi connectivity index (χ3n) is 9.84. The van der Waals surface area contributed by atoms with E-state index < -0.39 is 25.9 Å². The summed E-state index contributed by atoms with van der Waals surface area (Å²) >= 11 is 2.58. The highest BCUT2D eigenvalue weighted by atomic mass is 32.2. The van der Waals surface area contributed by atoms with Crippen LogP contribution in [0.5, 0.6) is 0 Å². The van der Waals surface area contributed by atoms with Crippen molar-refractivity contribution in [2.75, 3.05) is 53.8 Å². The number of hydrogen-bond donors (Lipinski definition) is 3. The maximum Gasteiger partial charge on any atom is 0.263 e. The molecule has 8 rings (SSSR count). The molecule has 5 heterocycles. The summed E-state index contributed by atoms with van der Waals surface area (Å²) in [6, 6.07) is 19.9.